The number of carbonyl (C=O) groups is 1. The molecular weight excluding hydrogens is 428 g/mol. The maximum absolute atomic E-state index is 13.2. The molecule has 30 heavy (non-hydrogen) atoms. The zero-order valence-corrected chi connectivity index (χ0v) is 16.0. The zero-order valence-electron chi connectivity index (χ0n) is 15.3. The number of halogens is 5. The number of hydrogen-bond acceptors (Lipinski definition) is 3. The van der Waals surface area contributed by atoms with Gasteiger partial charge in [0, 0.05) is 25.0 Å². The number of amides is 1. The van der Waals surface area contributed by atoms with Gasteiger partial charge in [-0.25, -0.2) is 4.39 Å². The lowest BCUT2D eigenvalue weighted by atomic mass is 10.1. The van der Waals surface area contributed by atoms with Gasteiger partial charge in [0.25, 0.3) is 11.5 Å². The standard InChI is InChI=1S/C20H13ClF4N2O3/c1-27-7-6-13(10-18(27)28)26-19(29)14-8-11(20(23,24)25)2-4-16(14)30-17-5-3-12(22)9-15(17)21/h2-10H,1H3,(H,26,29). The molecule has 0 aliphatic carbocycles. The molecule has 0 atom stereocenters. The third kappa shape index (κ3) is 4.80. The monoisotopic (exact) mass is 440 g/mol. The fourth-order valence-electron chi connectivity index (χ4n) is 2.47. The molecule has 3 rings (SSSR count). The summed E-state index contributed by atoms with van der Waals surface area (Å²) in [5.74, 6) is -1.87. The minimum atomic E-state index is -4.70. The van der Waals surface area contributed by atoms with Crippen molar-refractivity contribution in [2.75, 3.05) is 5.32 Å². The van der Waals surface area contributed by atoms with Crippen LogP contribution in [-0.2, 0) is 13.2 Å². The van der Waals surface area contributed by atoms with Gasteiger partial charge < -0.3 is 14.6 Å². The second-order valence-electron chi connectivity index (χ2n) is 6.20. The number of aromatic nitrogens is 1. The molecule has 0 aliphatic heterocycles. The fraction of sp³-hybridized carbons (Fsp3) is 0.100. The number of anilines is 1. The van der Waals surface area contributed by atoms with E-state index in [9.17, 15) is 27.2 Å². The van der Waals surface area contributed by atoms with Crippen molar-refractivity contribution < 1.29 is 27.1 Å². The number of aryl methyl sites for hydroxylation is 1. The number of hydrogen-bond donors (Lipinski definition) is 1. The molecular formula is C20H13ClF4N2O3. The highest BCUT2D eigenvalue weighted by atomic mass is 35.5. The van der Waals surface area contributed by atoms with Gasteiger partial charge in [0.15, 0.2) is 0 Å². The first-order valence-corrected chi connectivity index (χ1v) is 8.74. The molecule has 0 bridgehead atoms. The molecule has 1 aromatic heterocycles. The Labute approximate surface area is 172 Å². The van der Waals surface area contributed by atoms with Crippen molar-refractivity contribution in [2.24, 2.45) is 7.05 Å². The van der Waals surface area contributed by atoms with Crippen molar-refractivity contribution in [3.63, 3.8) is 0 Å². The number of alkyl halides is 3. The van der Waals surface area contributed by atoms with E-state index in [-0.39, 0.29) is 22.2 Å². The predicted molar refractivity (Wildman–Crippen MR) is 103 cm³/mol. The lowest BCUT2D eigenvalue weighted by Crippen LogP contribution is -2.19. The van der Waals surface area contributed by atoms with Crippen LogP contribution < -0.4 is 15.6 Å². The largest absolute Gasteiger partial charge is 0.455 e. The van der Waals surface area contributed by atoms with Crippen LogP contribution in [0.4, 0.5) is 23.2 Å². The Hall–Kier alpha value is -3.33. The first-order chi connectivity index (χ1) is 14.0. The third-order valence-corrected chi connectivity index (χ3v) is 4.32. The van der Waals surface area contributed by atoms with Gasteiger partial charge >= 0.3 is 6.18 Å². The van der Waals surface area contributed by atoms with E-state index in [1.54, 1.807) is 0 Å². The Morgan fingerprint density at radius 2 is 1.77 bits per heavy atom. The normalized spacial score (nSPS) is 11.3. The number of carbonyl (C=O) groups excluding carboxylic acids is 1. The summed E-state index contributed by atoms with van der Waals surface area (Å²) in [6.45, 7) is 0. The van der Waals surface area contributed by atoms with E-state index in [4.69, 9.17) is 16.3 Å². The summed E-state index contributed by atoms with van der Waals surface area (Å²) in [6.07, 6.45) is -3.32. The summed E-state index contributed by atoms with van der Waals surface area (Å²) in [5, 5.41) is 2.23. The SMILES string of the molecule is Cn1ccc(NC(=O)c2cc(C(F)(F)F)ccc2Oc2ccc(F)cc2Cl)cc1=O. The van der Waals surface area contributed by atoms with Crippen LogP contribution in [0.5, 0.6) is 11.5 Å². The van der Waals surface area contributed by atoms with Crippen molar-refractivity contribution in [2.45, 2.75) is 6.18 Å². The van der Waals surface area contributed by atoms with Crippen LogP contribution >= 0.6 is 11.6 Å². The van der Waals surface area contributed by atoms with Crippen molar-refractivity contribution in [3.8, 4) is 11.5 Å². The highest BCUT2D eigenvalue weighted by molar-refractivity contribution is 6.32. The average Bonchev–Trinajstić information content (AvgIpc) is 2.66. The van der Waals surface area contributed by atoms with Crippen LogP contribution in [0.3, 0.4) is 0 Å². The Morgan fingerprint density at radius 3 is 2.40 bits per heavy atom. The first kappa shape index (κ1) is 21.4. The Morgan fingerprint density at radius 1 is 1.07 bits per heavy atom. The number of benzene rings is 2. The van der Waals surface area contributed by atoms with Gasteiger partial charge in [0.1, 0.15) is 17.3 Å². The van der Waals surface area contributed by atoms with Crippen LogP contribution in [0.2, 0.25) is 5.02 Å². The molecule has 0 spiro atoms. The van der Waals surface area contributed by atoms with E-state index in [0.29, 0.717) is 6.07 Å². The van der Waals surface area contributed by atoms with Crippen molar-refractivity contribution in [1.82, 2.24) is 4.57 Å². The molecule has 2 aromatic carbocycles. The third-order valence-electron chi connectivity index (χ3n) is 4.03. The molecule has 0 saturated heterocycles. The lowest BCUT2D eigenvalue weighted by molar-refractivity contribution is -0.137. The fourth-order valence-corrected chi connectivity index (χ4v) is 2.68. The van der Waals surface area contributed by atoms with Crippen molar-refractivity contribution in [3.05, 3.63) is 87.0 Å². The van der Waals surface area contributed by atoms with Crippen LogP contribution in [0.15, 0.2) is 59.5 Å². The maximum Gasteiger partial charge on any atom is 0.416 e. The number of nitrogens with zero attached hydrogens (tertiary/aromatic N) is 1. The van der Waals surface area contributed by atoms with E-state index < -0.39 is 34.6 Å². The summed E-state index contributed by atoms with van der Waals surface area (Å²) in [6, 6.07) is 8.02. The predicted octanol–water partition coefficient (Wildman–Crippen LogP) is 5.24. The minimum absolute atomic E-state index is 0.0551. The molecule has 5 nitrogen and oxygen atoms in total. The van der Waals surface area contributed by atoms with E-state index >= 15 is 0 Å². The average molecular weight is 441 g/mol. The first-order valence-electron chi connectivity index (χ1n) is 8.37. The molecule has 0 fully saturated rings. The van der Waals surface area contributed by atoms with Gasteiger partial charge in [-0.1, -0.05) is 11.6 Å². The Kier molecular flexibility index (Phi) is 5.84. The van der Waals surface area contributed by atoms with Gasteiger partial charge in [-0.15, -0.1) is 0 Å². The summed E-state index contributed by atoms with van der Waals surface area (Å²) in [4.78, 5) is 24.4. The molecule has 1 N–H and O–H groups in total. The van der Waals surface area contributed by atoms with Gasteiger partial charge in [-0.2, -0.15) is 13.2 Å². The number of nitrogens with one attached hydrogen (secondary N) is 1. The molecule has 10 heteroatoms. The molecule has 1 amide bonds. The Balaban J connectivity index is 2.01. The summed E-state index contributed by atoms with van der Waals surface area (Å²) >= 11 is 5.89. The minimum Gasteiger partial charge on any atom is -0.455 e. The Bertz CT molecular complexity index is 1180. The number of rotatable bonds is 4. The zero-order chi connectivity index (χ0) is 22.1. The second kappa shape index (κ2) is 8.19. The van der Waals surface area contributed by atoms with E-state index in [2.05, 4.69) is 5.32 Å². The van der Waals surface area contributed by atoms with E-state index in [0.717, 1.165) is 30.3 Å². The topological polar surface area (TPSA) is 60.3 Å². The number of pyridine rings is 1. The molecule has 3 aromatic rings. The summed E-state index contributed by atoms with van der Waals surface area (Å²) in [7, 11) is 1.50. The highest BCUT2D eigenvalue weighted by Gasteiger charge is 2.32. The quantitative estimate of drug-likeness (QED) is 0.564. The molecule has 0 unspecified atom stereocenters. The van der Waals surface area contributed by atoms with Crippen LogP contribution in [-0.4, -0.2) is 10.5 Å². The molecule has 0 radical (unpaired) electrons. The molecule has 1 heterocycles. The molecule has 0 aliphatic rings. The van der Waals surface area contributed by atoms with Gasteiger partial charge in [-0.3, -0.25) is 9.59 Å². The lowest BCUT2D eigenvalue weighted by Gasteiger charge is -2.15. The number of ether oxygens (including phenoxy) is 1. The van der Waals surface area contributed by atoms with Crippen LogP contribution in [0.25, 0.3) is 0 Å². The van der Waals surface area contributed by atoms with Crippen LogP contribution in [0, 0.1) is 5.82 Å². The van der Waals surface area contributed by atoms with Crippen LogP contribution in [0.1, 0.15) is 15.9 Å². The van der Waals surface area contributed by atoms with Crippen molar-refractivity contribution >= 4 is 23.2 Å². The van der Waals surface area contributed by atoms with Gasteiger partial charge in [-0.05, 0) is 42.5 Å². The van der Waals surface area contributed by atoms with E-state index in [1.165, 1.54) is 29.9 Å². The van der Waals surface area contributed by atoms with Gasteiger partial charge in [0.2, 0.25) is 0 Å². The summed E-state index contributed by atoms with van der Waals surface area (Å²) < 4.78 is 59.4. The smallest absolute Gasteiger partial charge is 0.416 e. The maximum atomic E-state index is 13.2. The summed E-state index contributed by atoms with van der Waals surface area (Å²) in [5.41, 5.74) is -1.86. The van der Waals surface area contributed by atoms with Gasteiger partial charge in [0.05, 0.1) is 16.1 Å². The van der Waals surface area contributed by atoms with Crippen molar-refractivity contribution in [1.29, 1.82) is 0 Å². The highest BCUT2D eigenvalue weighted by Crippen LogP contribution is 2.36. The van der Waals surface area contributed by atoms with E-state index in [1.807, 2.05) is 0 Å². The molecule has 0 saturated carbocycles. The second-order valence-corrected chi connectivity index (χ2v) is 6.61. The molecule has 156 valence electrons.